The molecular weight excluding hydrogens is 176 g/mol. The molecule has 0 aromatic heterocycles. The van der Waals surface area contributed by atoms with Crippen molar-refractivity contribution in [2.75, 3.05) is 6.61 Å². The Morgan fingerprint density at radius 2 is 2.00 bits per heavy atom. The average Bonchev–Trinajstić information content (AvgIpc) is 2.26. The molecule has 0 saturated heterocycles. The Kier molecular flexibility index (Phi) is 4.33. The molecule has 1 N–H and O–H groups in total. The van der Waals surface area contributed by atoms with Crippen LogP contribution in [0, 0.1) is 11.8 Å². The molecule has 0 aliphatic rings. The lowest BCUT2D eigenvalue weighted by Gasteiger charge is -2.15. The van der Waals surface area contributed by atoms with Crippen molar-refractivity contribution in [3.8, 4) is 0 Å². The standard InChI is InChI=1S/C12H16O2/c1-10(8-13)12(9-14)7-11-5-3-2-4-6-11/h2-6,9-10,12-13H,7-8H2,1H3. The summed E-state index contributed by atoms with van der Waals surface area (Å²) in [5.41, 5.74) is 1.14. The van der Waals surface area contributed by atoms with E-state index in [1.165, 1.54) is 0 Å². The van der Waals surface area contributed by atoms with E-state index in [4.69, 9.17) is 5.11 Å². The van der Waals surface area contributed by atoms with Crippen molar-refractivity contribution in [2.45, 2.75) is 13.3 Å². The van der Waals surface area contributed by atoms with Crippen molar-refractivity contribution in [1.29, 1.82) is 0 Å². The Labute approximate surface area is 84.6 Å². The van der Waals surface area contributed by atoms with Crippen LogP contribution in [0.4, 0.5) is 0 Å². The summed E-state index contributed by atoms with van der Waals surface area (Å²) in [6, 6.07) is 9.87. The first-order valence-corrected chi connectivity index (χ1v) is 4.88. The molecule has 2 atom stereocenters. The van der Waals surface area contributed by atoms with E-state index >= 15 is 0 Å². The fraction of sp³-hybridized carbons (Fsp3) is 0.417. The van der Waals surface area contributed by atoms with Gasteiger partial charge in [-0.3, -0.25) is 0 Å². The highest BCUT2D eigenvalue weighted by Gasteiger charge is 2.15. The quantitative estimate of drug-likeness (QED) is 0.720. The molecule has 2 unspecified atom stereocenters. The van der Waals surface area contributed by atoms with Gasteiger partial charge in [-0.05, 0) is 17.9 Å². The van der Waals surface area contributed by atoms with Gasteiger partial charge in [0.1, 0.15) is 6.29 Å². The lowest BCUT2D eigenvalue weighted by Crippen LogP contribution is -2.19. The van der Waals surface area contributed by atoms with Gasteiger partial charge in [0.25, 0.3) is 0 Å². The smallest absolute Gasteiger partial charge is 0.123 e. The molecule has 0 amide bonds. The number of rotatable bonds is 5. The maximum Gasteiger partial charge on any atom is 0.123 e. The number of hydrogen-bond donors (Lipinski definition) is 1. The maximum absolute atomic E-state index is 10.8. The van der Waals surface area contributed by atoms with E-state index in [2.05, 4.69) is 0 Å². The first-order valence-electron chi connectivity index (χ1n) is 4.88. The van der Waals surface area contributed by atoms with E-state index in [0.29, 0.717) is 6.42 Å². The van der Waals surface area contributed by atoms with Crippen LogP contribution in [-0.4, -0.2) is 18.0 Å². The SMILES string of the molecule is CC(CO)C(C=O)Cc1ccccc1. The van der Waals surface area contributed by atoms with Gasteiger partial charge in [0.05, 0.1) is 0 Å². The molecule has 1 rings (SSSR count). The minimum atomic E-state index is -0.0811. The van der Waals surface area contributed by atoms with Gasteiger partial charge >= 0.3 is 0 Å². The lowest BCUT2D eigenvalue weighted by molar-refractivity contribution is -0.112. The third kappa shape index (κ3) is 2.96. The van der Waals surface area contributed by atoms with E-state index in [-0.39, 0.29) is 18.4 Å². The van der Waals surface area contributed by atoms with E-state index in [9.17, 15) is 4.79 Å². The number of carbonyl (C=O) groups is 1. The Morgan fingerprint density at radius 1 is 1.36 bits per heavy atom. The summed E-state index contributed by atoms with van der Waals surface area (Å²) in [5.74, 6) is -0.0462. The maximum atomic E-state index is 10.8. The second-order valence-electron chi connectivity index (χ2n) is 3.65. The number of benzene rings is 1. The lowest BCUT2D eigenvalue weighted by atomic mass is 9.90. The first kappa shape index (κ1) is 10.9. The molecule has 0 heterocycles. The van der Waals surface area contributed by atoms with Gasteiger partial charge in [0.15, 0.2) is 0 Å². The summed E-state index contributed by atoms with van der Waals surface area (Å²) in [5, 5.41) is 8.96. The summed E-state index contributed by atoms with van der Waals surface area (Å²) >= 11 is 0. The van der Waals surface area contributed by atoms with Crippen LogP contribution in [0.25, 0.3) is 0 Å². The fourth-order valence-electron chi connectivity index (χ4n) is 1.41. The van der Waals surface area contributed by atoms with Gasteiger partial charge in [0, 0.05) is 12.5 Å². The summed E-state index contributed by atoms with van der Waals surface area (Å²) in [4.78, 5) is 10.8. The van der Waals surface area contributed by atoms with Crippen LogP contribution in [0.3, 0.4) is 0 Å². The summed E-state index contributed by atoms with van der Waals surface area (Å²) < 4.78 is 0. The average molecular weight is 192 g/mol. The Morgan fingerprint density at radius 3 is 2.50 bits per heavy atom. The van der Waals surface area contributed by atoms with E-state index in [1.54, 1.807) is 0 Å². The molecule has 1 aromatic rings. The minimum absolute atomic E-state index is 0.0349. The predicted octanol–water partition coefficient (Wildman–Crippen LogP) is 1.67. The molecule has 0 bridgehead atoms. The molecular formula is C12H16O2. The number of carbonyl (C=O) groups excluding carboxylic acids is 1. The summed E-state index contributed by atoms with van der Waals surface area (Å²) in [7, 11) is 0. The minimum Gasteiger partial charge on any atom is -0.396 e. The molecule has 0 aliphatic heterocycles. The van der Waals surface area contributed by atoms with Crippen LogP contribution in [-0.2, 0) is 11.2 Å². The zero-order valence-corrected chi connectivity index (χ0v) is 8.39. The van der Waals surface area contributed by atoms with Crippen LogP contribution in [0.5, 0.6) is 0 Å². The molecule has 14 heavy (non-hydrogen) atoms. The monoisotopic (exact) mass is 192 g/mol. The van der Waals surface area contributed by atoms with Gasteiger partial charge in [0.2, 0.25) is 0 Å². The van der Waals surface area contributed by atoms with Crippen LogP contribution in [0.1, 0.15) is 12.5 Å². The first-order chi connectivity index (χ1) is 6.77. The molecule has 0 radical (unpaired) electrons. The van der Waals surface area contributed by atoms with Crippen molar-refractivity contribution in [3.05, 3.63) is 35.9 Å². The van der Waals surface area contributed by atoms with Gasteiger partial charge in [-0.25, -0.2) is 0 Å². The highest BCUT2D eigenvalue weighted by atomic mass is 16.3. The zero-order valence-electron chi connectivity index (χ0n) is 8.39. The topological polar surface area (TPSA) is 37.3 Å². The van der Waals surface area contributed by atoms with E-state index < -0.39 is 0 Å². The third-order valence-corrected chi connectivity index (χ3v) is 2.51. The Hall–Kier alpha value is -1.15. The van der Waals surface area contributed by atoms with Gasteiger partial charge in [-0.2, -0.15) is 0 Å². The second-order valence-corrected chi connectivity index (χ2v) is 3.65. The number of aliphatic hydroxyl groups is 1. The summed E-state index contributed by atoms with van der Waals surface area (Å²) in [6.07, 6.45) is 1.65. The van der Waals surface area contributed by atoms with Gasteiger partial charge < -0.3 is 9.90 Å². The highest BCUT2D eigenvalue weighted by molar-refractivity contribution is 5.54. The van der Waals surface area contributed by atoms with Crippen molar-refractivity contribution < 1.29 is 9.90 Å². The van der Waals surface area contributed by atoms with Crippen LogP contribution < -0.4 is 0 Å². The van der Waals surface area contributed by atoms with Crippen molar-refractivity contribution in [2.24, 2.45) is 11.8 Å². The fourth-order valence-corrected chi connectivity index (χ4v) is 1.41. The predicted molar refractivity (Wildman–Crippen MR) is 55.9 cm³/mol. The molecule has 2 nitrogen and oxygen atoms in total. The highest BCUT2D eigenvalue weighted by Crippen LogP contribution is 2.14. The number of aldehydes is 1. The van der Waals surface area contributed by atoms with Gasteiger partial charge in [-0.15, -0.1) is 0 Å². The van der Waals surface area contributed by atoms with Gasteiger partial charge in [-0.1, -0.05) is 37.3 Å². The molecule has 0 spiro atoms. The van der Waals surface area contributed by atoms with E-state index in [0.717, 1.165) is 11.8 Å². The van der Waals surface area contributed by atoms with Crippen LogP contribution in [0.2, 0.25) is 0 Å². The molecule has 0 saturated carbocycles. The molecule has 0 aliphatic carbocycles. The molecule has 1 aromatic carbocycles. The Bertz CT molecular complexity index is 269. The molecule has 76 valence electrons. The zero-order chi connectivity index (χ0) is 10.4. The summed E-state index contributed by atoms with van der Waals surface area (Å²) in [6.45, 7) is 1.96. The van der Waals surface area contributed by atoms with Crippen LogP contribution >= 0.6 is 0 Å². The number of aliphatic hydroxyl groups excluding tert-OH is 1. The van der Waals surface area contributed by atoms with Crippen molar-refractivity contribution in [1.82, 2.24) is 0 Å². The normalized spacial score (nSPS) is 14.7. The number of hydrogen-bond acceptors (Lipinski definition) is 2. The van der Waals surface area contributed by atoms with Crippen molar-refractivity contribution in [3.63, 3.8) is 0 Å². The molecule has 2 heteroatoms. The third-order valence-electron chi connectivity index (χ3n) is 2.51. The Balaban J connectivity index is 2.61. The molecule has 0 fully saturated rings. The van der Waals surface area contributed by atoms with E-state index in [1.807, 2.05) is 37.3 Å². The second kappa shape index (κ2) is 5.55. The van der Waals surface area contributed by atoms with Crippen LogP contribution in [0.15, 0.2) is 30.3 Å². The largest absolute Gasteiger partial charge is 0.396 e. The van der Waals surface area contributed by atoms with Crippen molar-refractivity contribution >= 4 is 6.29 Å².